The summed E-state index contributed by atoms with van der Waals surface area (Å²) in [5, 5.41) is 0. The number of aliphatic imine (C=N–C) groups is 2. The molecule has 8 nitrogen and oxygen atoms in total. The van der Waals surface area contributed by atoms with E-state index in [1.807, 2.05) is 48.5 Å². The second-order valence-corrected chi connectivity index (χ2v) is 14.2. The van der Waals surface area contributed by atoms with Crippen molar-refractivity contribution >= 4 is 35.7 Å². The Morgan fingerprint density at radius 2 is 0.810 bits per heavy atom. The van der Waals surface area contributed by atoms with E-state index in [9.17, 15) is 9.59 Å². The molecule has 0 atom stereocenters. The van der Waals surface area contributed by atoms with Crippen LogP contribution in [0, 0.1) is 0 Å². The molecule has 58 heavy (non-hydrogen) atoms. The Labute approximate surface area is 344 Å². The Hall–Kier alpha value is -6.02. The maximum atomic E-state index is 13.1. The van der Waals surface area contributed by atoms with Crippen LogP contribution in [0.15, 0.2) is 131 Å². The summed E-state index contributed by atoms with van der Waals surface area (Å²) in [4.78, 5) is 35.3. The average molecular weight is 781 g/mol. The number of rotatable bonds is 24. The summed E-state index contributed by atoms with van der Waals surface area (Å²) < 4.78 is 23.1. The van der Waals surface area contributed by atoms with E-state index in [-0.39, 0.29) is 11.5 Å². The zero-order valence-electron chi connectivity index (χ0n) is 33.9. The molecule has 0 spiro atoms. The van der Waals surface area contributed by atoms with Crippen molar-refractivity contribution < 1.29 is 28.5 Å². The molecule has 302 valence electrons. The molecule has 0 N–H and O–H groups in total. The molecule has 0 amide bonds. The van der Waals surface area contributed by atoms with Gasteiger partial charge in [-0.3, -0.25) is 9.98 Å². The highest BCUT2D eigenvalue weighted by atomic mass is 16.6. The van der Waals surface area contributed by atoms with Crippen LogP contribution in [0.5, 0.6) is 23.0 Å². The van der Waals surface area contributed by atoms with E-state index in [4.69, 9.17) is 18.9 Å². The summed E-state index contributed by atoms with van der Waals surface area (Å²) in [5.74, 6) is 0.779. The highest BCUT2D eigenvalue weighted by Gasteiger charge is 2.16. The number of para-hydroxylation sites is 2. The van der Waals surface area contributed by atoms with Gasteiger partial charge in [0, 0.05) is 12.4 Å². The smallest absolute Gasteiger partial charge is 0.343 e. The molecule has 0 bridgehead atoms. The molecule has 0 unspecified atom stereocenters. The van der Waals surface area contributed by atoms with Gasteiger partial charge in [-0.2, -0.15) is 0 Å². The first-order valence-electron chi connectivity index (χ1n) is 20.8. The fourth-order valence-electron chi connectivity index (χ4n) is 6.05. The van der Waals surface area contributed by atoms with Gasteiger partial charge in [-0.1, -0.05) is 114 Å². The zero-order chi connectivity index (χ0) is 40.6. The lowest BCUT2D eigenvalue weighted by molar-refractivity contribution is 0.0682. The first-order valence-corrected chi connectivity index (χ1v) is 20.8. The Morgan fingerprint density at radius 3 is 1.19 bits per heavy atom. The number of benzene rings is 5. The maximum Gasteiger partial charge on any atom is 0.343 e. The van der Waals surface area contributed by atoms with Crippen LogP contribution in [0.1, 0.15) is 123 Å². The molecule has 5 aromatic rings. The fraction of sp³-hybridized carbons (Fsp3) is 0.320. The number of carbonyl (C=O) groups excluding carboxylic acids is 2. The van der Waals surface area contributed by atoms with E-state index in [2.05, 4.69) is 23.8 Å². The van der Waals surface area contributed by atoms with Crippen LogP contribution >= 0.6 is 0 Å². The predicted molar refractivity (Wildman–Crippen MR) is 234 cm³/mol. The molecule has 0 aliphatic carbocycles. The van der Waals surface area contributed by atoms with Gasteiger partial charge in [0.2, 0.25) is 0 Å². The third-order valence-electron chi connectivity index (χ3n) is 9.48. The summed E-state index contributed by atoms with van der Waals surface area (Å²) >= 11 is 0. The van der Waals surface area contributed by atoms with E-state index >= 15 is 0 Å². The lowest BCUT2D eigenvalue weighted by Crippen LogP contribution is -2.12. The van der Waals surface area contributed by atoms with Crippen molar-refractivity contribution in [1.82, 2.24) is 0 Å². The molecule has 0 saturated carbocycles. The van der Waals surface area contributed by atoms with Gasteiger partial charge in [0.15, 0.2) is 11.5 Å². The number of nitrogens with zero attached hydrogens (tertiary/aromatic N) is 2. The normalized spacial score (nSPS) is 11.2. The predicted octanol–water partition coefficient (Wildman–Crippen LogP) is 13.1. The van der Waals surface area contributed by atoms with E-state index in [1.165, 1.54) is 64.2 Å². The van der Waals surface area contributed by atoms with Crippen LogP contribution in [0.2, 0.25) is 0 Å². The summed E-state index contributed by atoms with van der Waals surface area (Å²) in [5.41, 5.74) is 3.93. The summed E-state index contributed by atoms with van der Waals surface area (Å²) in [7, 11) is 0. The third-order valence-corrected chi connectivity index (χ3v) is 9.48. The van der Waals surface area contributed by atoms with Crippen molar-refractivity contribution in [2.75, 3.05) is 13.2 Å². The van der Waals surface area contributed by atoms with Crippen molar-refractivity contribution in [3.8, 4) is 23.0 Å². The van der Waals surface area contributed by atoms with Gasteiger partial charge in [-0.25, -0.2) is 9.59 Å². The standard InChI is InChI=1S/C50H56N2O6/c1-3-5-7-9-11-15-35-55-45-31-27-43(28-32-45)51-37-39-19-23-41(24-20-39)49(53)57-47-17-13-14-18-48(47)58-50(54)42-25-21-40(22-26-42)38-52-44-29-33-46(34-30-44)56-36-16-12-10-8-6-4-2/h13-14,17-34,37-38H,3-12,15-16,35-36H2,1-2H3. The first-order chi connectivity index (χ1) is 28.5. The first kappa shape index (κ1) is 43.1. The Morgan fingerprint density at radius 1 is 0.448 bits per heavy atom. The van der Waals surface area contributed by atoms with Crippen molar-refractivity contribution in [3.05, 3.63) is 144 Å². The summed E-state index contributed by atoms with van der Waals surface area (Å²) in [6.07, 6.45) is 18.2. The van der Waals surface area contributed by atoms with E-state index in [0.29, 0.717) is 11.1 Å². The van der Waals surface area contributed by atoms with Crippen molar-refractivity contribution in [2.45, 2.75) is 90.9 Å². The molecular weight excluding hydrogens is 725 g/mol. The molecule has 0 radical (unpaired) electrons. The molecule has 0 saturated heterocycles. The van der Waals surface area contributed by atoms with Crippen LogP contribution in [0.3, 0.4) is 0 Å². The molecule has 0 aromatic heterocycles. The molecule has 5 rings (SSSR count). The van der Waals surface area contributed by atoms with Crippen LogP contribution in [0.4, 0.5) is 11.4 Å². The highest BCUT2D eigenvalue weighted by molar-refractivity contribution is 5.94. The van der Waals surface area contributed by atoms with Gasteiger partial charge >= 0.3 is 11.9 Å². The minimum absolute atomic E-state index is 0.133. The maximum absolute atomic E-state index is 13.1. The Bertz CT molecular complexity index is 1870. The highest BCUT2D eigenvalue weighted by Crippen LogP contribution is 2.29. The largest absolute Gasteiger partial charge is 0.494 e. The van der Waals surface area contributed by atoms with Gasteiger partial charge in [0.1, 0.15) is 11.5 Å². The summed E-state index contributed by atoms with van der Waals surface area (Å²) in [6, 6.07) is 35.8. The molecule has 8 heteroatoms. The average Bonchev–Trinajstić information content (AvgIpc) is 3.26. The SMILES string of the molecule is CCCCCCCCOc1ccc(N=Cc2ccc(C(=O)Oc3ccccc3OC(=O)c3ccc(C=Nc4ccc(OCCCCCCCC)cc4)cc3)cc2)cc1. The van der Waals surface area contributed by atoms with Gasteiger partial charge < -0.3 is 18.9 Å². The second kappa shape index (κ2) is 24.6. The monoisotopic (exact) mass is 780 g/mol. The fourth-order valence-corrected chi connectivity index (χ4v) is 6.05. The van der Waals surface area contributed by atoms with Crippen molar-refractivity contribution in [3.63, 3.8) is 0 Å². The van der Waals surface area contributed by atoms with Crippen molar-refractivity contribution in [1.29, 1.82) is 0 Å². The topological polar surface area (TPSA) is 95.8 Å². The van der Waals surface area contributed by atoms with Crippen LogP contribution in [0.25, 0.3) is 0 Å². The van der Waals surface area contributed by atoms with Crippen molar-refractivity contribution in [2.24, 2.45) is 9.98 Å². The van der Waals surface area contributed by atoms with Crippen LogP contribution < -0.4 is 18.9 Å². The number of ether oxygens (including phenoxy) is 4. The van der Waals surface area contributed by atoms with Crippen LogP contribution in [-0.2, 0) is 0 Å². The molecule has 0 aliphatic rings. The van der Waals surface area contributed by atoms with Gasteiger partial charge in [0.05, 0.1) is 35.7 Å². The van der Waals surface area contributed by atoms with Gasteiger partial charge in [-0.15, -0.1) is 0 Å². The molecule has 5 aromatic carbocycles. The molecule has 0 heterocycles. The molecular formula is C50H56N2O6. The van der Waals surface area contributed by atoms with Gasteiger partial charge in [-0.05, 0) is 109 Å². The van der Waals surface area contributed by atoms with E-state index < -0.39 is 11.9 Å². The molecule has 0 fully saturated rings. The van der Waals surface area contributed by atoms with E-state index in [0.717, 1.165) is 60.1 Å². The molecule has 0 aliphatic heterocycles. The zero-order valence-corrected chi connectivity index (χ0v) is 33.9. The number of hydrogen-bond donors (Lipinski definition) is 0. The number of esters is 2. The third kappa shape index (κ3) is 15.1. The van der Waals surface area contributed by atoms with E-state index in [1.54, 1.807) is 85.2 Å². The Balaban J connectivity index is 1.06. The number of hydrogen-bond acceptors (Lipinski definition) is 8. The quantitative estimate of drug-likeness (QED) is 0.0268. The minimum atomic E-state index is -0.581. The minimum Gasteiger partial charge on any atom is -0.494 e. The van der Waals surface area contributed by atoms with Gasteiger partial charge in [0.25, 0.3) is 0 Å². The lowest BCUT2D eigenvalue weighted by Gasteiger charge is -2.10. The number of carbonyl (C=O) groups is 2. The van der Waals surface area contributed by atoms with Crippen LogP contribution in [-0.4, -0.2) is 37.6 Å². The summed E-state index contributed by atoms with van der Waals surface area (Å²) in [6.45, 7) is 5.90. The second-order valence-electron chi connectivity index (χ2n) is 14.2. The Kier molecular flexibility index (Phi) is 18.3. The number of unbranched alkanes of at least 4 members (excludes halogenated alkanes) is 10. The lowest BCUT2D eigenvalue weighted by atomic mass is 10.1.